The van der Waals surface area contributed by atoms with E-state index in [2.05, 4.69) is 6.92 Å². The molecular formula is C13H26N2O2. The van der Waals surface area contributed by atoms with Gasteiger partial charge in [-0.1, -0.05) is 27.2 Å². The van der Waals surface area contributed by atoms with E-state index in [0.29, 0.717) is 32.5 Å². The Bertz CT molecular complexity index is 262. The molecule has 0 saturated carbocycles. The number of amides is 1. The van der Waals surface area contributed by atoms with Crippen LogP contribution in [0.25, 0.3) is 0 Å². The molecule has 1 fully saturated rings. The predicted octanol–water partition coefficient (Wildman–Crippen LogP) is 0.981. The molecule has 100 valence electrons. The van der Waals surface area contributed by atoms with Gasteiger partial charge < -0.3 is 15.7 Å². The average molecular weight is 242 g/mol. The number of nitrogens with two attached hydrogens (primary N) is 1. The summed E-state index contributed by atoms with van der Waals surface area (Å²) in [5.41, 5.74) is 5.43. The number of rotatable bonds is 4. The highest BCUT2D eigenvalue weighted by Crippen LogP contribution is 2.29. The molecule has 0 bridgehead atoms. The Morgan fingerprint density at radius 1 is 1.59 bits per heavy atom. The highest BCUT2D eigenvalue weighted by molar-refractivity contribution is 5.76. The molecule has 17 heavy (non-hydrogen) atoms. The fraction of sp³-hybridized carbons (Fsp3) is 0.923. The second kappa shape index (κ2) is 5.83. The molecule has 2 unspecified atom stereocenters. The number of aliphatic hydroxyl groups excluding tert-OH is 1. The van der Waals surface area contributed by atoms with Crippen LogP contribution in [-0.2, 0) is 4.79 Å². The van der Waals surface area contributed by atoms with E-state index < -0.39 is 0 Å². The zero-order chi connectivity index (χ0) is 13.1. The largest absolute Gasteiger partial charge is 0.392 e. The molecular weight excluding hydrogens is 216 g/mol. The van der Waals surface area contributed by atoms with Gasteiger partial charge in [-0.2, -0.15) is 0 Å². The summed E-state index contributed by atoms with van der Waals surface area (Å²) in [7, 11) is 0. The quantitative estimate of drug-likeness (QED) is 0.772. The van der Waals surface area contributed by atoms with Crippen LogP contribution in [0.15, 0.2) is 0 Å². The summed E-state index contributed by atoms with van der Waals surface area (Å²) in [5.74, 6) is 0.472. The van der Waals surface area contributed by atoms with Gasteiger partial charge in [0.1, 0.15) is 0 Å². The minimum atomic E-state index is -0.303. The van der Waals surface area contributed by atoms with Gasteiger partial charge in [0.25, 0.3) is 0 Å². The molecule has 1 aliphatic heterocycles. The first kappa shape index (κ1) is 14.5. The van der Waals surface area contributed by atoms with E-state index in [1.165, 1.54) is 0 Å². The smallest absolute Gasteiger partial charge is 0.222 e. The van der Waals surface area contributed by atoms with Crippen LogP contribution < -0.4 is 5.73 Å². The number of aliphatic hydroxyl groups is 1. The lowest BCUT2D eigenvalue weighted by Crippen LogP contribution is -2.51. The van der Waals surface area contributed by atoms with E-state index >= 15 is 0 Å². The molecule has 0 aliphatic carbocycles. The van der Waals surface area contributed by atoms with Gasteiger partial charge in [0.05, 0.1) is 6.10 Å². The maximum atomic E-state index is 12.1. The fourth-order valence-electron chi connectivity index (χ4n) is 2.33. The molecule has 0 aromatic rings. The maximum Gasteiger partial charge on any atom is 0.222 e. The lowest BCUT2D eigenvalue weighted by molar-refractivity contribution is -0.138. The molecule has 1 saturated heterocycles. The zero-order valence-corrected chi connectivity index (χ0v) is 11.3. The molecule has 0 aromatic carbocycles. The van der Waals surface area contributed by atoms with Crippen LogP contribution in [0.1, 0.15) is 40.0 Å². The Balaban J connectivity index is 2.53. The first-order chi connectivity index (χ1) is 7.90. The lowest BCUT2D eigenvalue weighted by atomic mass is 9.81. The van der Waals surface area contributed by atoms with Gasteiger partial charge in [0.2, 0.25) is 5.91 Å². The second-order valence-electron chi connectivity index (χ2n) is 5.82. The van der Waals surface area contributed by atoms with Gasteiger partial charge in [0, 0.05) is 24.9 Å². The van der Waals surface area contributed by atoms with Gasteiger partial charge in [0.15, 0.2) is 0 Å². The Morgan fingerprint density at radius 3 is 2.71 bits per heavy atom. The van der Waals surface area contributed by atoms with E-state index in [0.717, 1.165) is 6.42 Å². The summed E-state index contributed by atoms with van der Waals surface area (Å²) in [5, 5.41) is 9.85. The van der Waals surface area contributed by atoms with Crippen molar-refractivity contribution >= 4 is 5.91 Å². The number of carbonyl (C=O) groups is 1. The Morgan fingerprint density at radius 2 is 2.24 bits per heavy atom. The summed E-state index contributed by atoms with van der Waals surface area (Å²) in [6.45, 7) is 7.98. The van der Waals surface area contributed by atoms with E-state index in [4.69, 9.17) is 5.73 Å². The third-order valence-corrected chi connectivity index (χ3v) is 3.90. The molecule has 0 radical (unpaired) electrons. The molecule has 2 atom stereocenters. The van der Waals surface area contributed by atoms with Crippen LogP contribution in [0.4, 0.5) is 0 Å². The molecule has 1 rings (SSSR count). The number of piperidine rings is 1. The minimum Gasteiger partial charge on any atom is -0.392 e. The highest BCUT2D eigenvalue weighted by atomic mass is 16.3. The van der Waals surface area contributed by atoms with Crippen LogP contribution in [0.5, 0.6) is 0 Å². The summed E-state index contributed by atoms with van der Waals surface area (Å²) < 4.78 is 0. The van der Waals surface area contributed by atoms with E-state index in [9.17, 15) is 9.90 Å². The van der Waals surface area contributed by atoms with Gasteiger partial charge in [-0.25, -0.2) is 0 Å². The van der Waals surface area contributed by atoms with Crippen molar-refractivity contribution in [2.24, 2.45) is 17.1 Å². The Hall–Kier alpha value is -0.610. The predicted molar refractivity (Wildman–Crippen MR) is 68.4 cm³/mol. The number of hydrogen-bond acceptors (Lipinski definition) is 3. The molecule has 3 N–H and O–H groups in total. The Labute approximate surface area is 104 Å². The topological polar surface area (TPSA) is 66.6 Å². The number of likely N-dealkylation sites (tertiary alicyclic amines) is 1. The number of hydrogen-bond donors (Lipinski definition) is 2. The van der Waals surface area contributed by atoms with Gasteiger partial charge in [-0.05, 0) is 18.9 Å². The van der Waals surface area contributed by atoms with E-state index in [1.54, 1.807) is 0 Å². The van der Waals surface area contributed by atoms with Gasteiger partial charge in [-0.15, -0.1) is 0 Å². The third-order valence-electron chi connectivity index (χ3n) is 3.90. The van der Waals surface area contributed by atoms with Crippen molar-refractivity contribution in [3.63, 3.8) is 0 Å². The van der Waals surface area contributed by atoms with E-state index in [1.807, 2.05) is 18.7 Å². The standard InChI is InChI=1S/C13H26N2O2/c1-4-10(8-14)7-12(17)15-6-5-11(16)13(2,3)9-15/h10-11,16H,4-9,14H2,1-3H3. The zero-order valence-electron chi connectivity index (χ0n) is 11.3. The first-order valence-corrected chi connectivity index (χ1v) is 6.56. The minimum absolute atomic E-state index is 0.183. The second-order valence-corrected chi connectivity index (χ2v) is 5.82. The SMILES string of the molecule is CCC(CN)CC(=O)N1CCC(O)C(C)(C)C1. The van der Waals surface area contributed by atoms with Crippen LogP contribution in [0.2, 0.25) is 0 Å². The van der Waals surface area contributed by atoms with Crippen LogP contribution in [0, 0.1) is 11.3 Å². The van der Waals surface area contributed by atoms with Crippen molar-refractivity contribution in [2.75, 3.05) is 19.6 Å². The van der Waals surface area contributed by atoms with Crippen molar-refractivity contribution in [2.45, 2.75) is 46.1 Å². The monoisotopic (exact) mass is 242 g/mol. The summed E-state index contributed by atoms with van der Waals surface area (Å²) in [6, 6.07) is 0. The van der Waals surface area contributed by atoms with Gasteiger partial charge >= 0.3 is 0 Å². The third kappa shape index (κ3) is 3.68. The van der Waals surface area contributed by atoms with Crippen molar-refractivity contribution in [3.8, 4) is 0 Å². The Kier molecular flexibility index (Phi) is 4.95. The van der Waals surface area contributed by atoms with E-state index in [-0.39, 0.29) is 23.3 Å². The van der Waals surface area contributed by atoms with Crippen LogP contribution in [0.3, 0.4) is 0 Å². The maximum absolute atomic E-state index is 12.1. The molecule has 4 nitrogen and oxygen atoms in total. The molecule has 1 heterocycles. The summed E-state index contributed by atoms with van der Waals surface area (Å²) in [6.07, 6.45) is 1.86. The number of carbonyl (C=O) groups excluding carboxylic acids is 1. The summed E-state index contributed by atoms with van der Waals surface area (Å²) >= 11 is 0. The molecule has 1 aliphatic rings. The van der Waals surface area contributed by atoms with Crippen molar-refractivity contribution < 1.29 is 9.90 Å². The normalized spacial score (nSPS) is 25.7. The first-order valence-electron chi connectivity index (χ1n) is 6.56. The van der Waals surface area contributed by atoms with Crippen LogP contribution in [-0.4, -0.2) is 41.7 Å². The average Bonchev–Trinajstić information content (AvgIpc) is 2.29. The van der Waals surface area contributed by atoms with Crippen molar-refractivity contribution in [1.29, 1.82) is 0 Å². The number of nitrogens with zero attached hydrogens (tertiary/aromatic N) is 1. The highest BCUT2D eigenvalue weighted by Gasteiger charge is 2.36. The molecule has 1 amide bonds. The molecule has 4 heteroatoms. The van der Waals surface area contributed by atoms with Crippen molar-refractivity contribution in [3.05, 3.63) is 0 Å². The molecule has 0 spiro atoms. The summed E-state index contributed by atoms with van der Waals surface area (Å²) in [4.78, 5) is 14.0. The lowest BCUT2D eigenvalue weighted by Gasteiger charge is -2.42. The fourth-order valence-corrected chi connectivity index (χ4v) is 2.33. The van der Waals surface area contributed by atoms with Crippen molar-refractivity contribution in [1.82, 2.24) is 4.90 Å². The van der Waals surface area contributed by atoms with Gasteiger partial charge in [-0.3, -0.25) is 4.79 Å². The molecule has 0 aromatic heterocycles. The van der Waals surface area contributed by atoms with Crippen LogP contribution >= 0.6 is 0 Å².